The number of H-pyrrole nitrogens is 1. The Kier molecular flexibility index (Phi) is 7.42. The molecular formula is C18H24N5O7P. The van der Waals surface area contributed by atoms with E-state index in [0.717, 1.165) is 5.56 Å². The van der Waals surface area contributed by atoms with E-state index in [1.54, 1.807) is 0 Å². The van der Waals surface area contributed by atoms with Gasteiger partial charge in [0.25, 0.3) is 0 Å². The van der Waals surface area contributed by atoms with Crippen molar-refractivity contribution in [2.24, 2.45) is 0 Å². The van der Waals surface area contributed by atoms with Crippen molar-refractivity contribution in [2.75, 3.05) is 25.3 Å². The molecule has 0 saturated heterocycles. The Hall–Kier alpha value is -2.76. The molecule has 0 aliphatic rings. The summed E-state index contributed by atoms with van der Waals surface area (Å²) < 4.78 is 23.4. The van der Waals surface area contributed by atoms with Crippen molar-refractivity contribution in [1.82, 2.24) is 19.5 Å². The van der Waals surface area contributed by atoms with Gasteiger partial charge in [-0.05, 0) is 5.56 Å². The van der Waals surface area contributed by atoms with Crippen LogP contribution in [0.4, 0.5) is 5.82 Å². The molecule has 0 fully saturated rings. The molecule has 3 aromatic rings. The topological polar surface area (TPSA) is 186 Å². The molecule has 12 nitrogen and oxygen atoms in total. The largest absolute Gasteiger partial charge is 0.463 e. The van der Waals surface area contributed by atoms with Gasteiger partial charge in [0, 0.05) is 19.4 Å². The fourth-order valence-electron chi connectivity index (χ4n) is 2.95. The van der Waals surface area contributed by atoms with E-state index in [0.29, 0.717) is 12.8 Å². The predicted octanol–water partition coefficient (Wildman–Crippen LogP) is 0.226. The molecule has 168 valence electrons. The number of benzene rings is 1. The maximum atomic E-state index is 12.6. The predicted molar refractivity (Wildman–Crippen MR) is 112 cm³/mol. The summed E-state index contributed by atoms with van der Waals surface area (Å²) in [5, 5.41) is 8.88. The molecule has 1 aromatic carbocycles. The summed E-state index contributed by atoms with van der Waals surface area (Å²) >= 11 is 0. The zero-order chi connectivity index (χ0) is 22.4. The van der Waals surface area contributed by atoms with Crippen LogP contribution in [0.25, 0.3) is 11.2 Å². The fourth-order valence-corrected chi connectivity index (χ4v) is 3.36. The second-order valence-corrected chi connectivity index (χ2v) is 8.42. The molecule has 3 rings (SSSR count). The van der Waals surface area contributed by atoms with E-state index in [4.69, 9.17) is 20.3 Å². The summed E-state index contributed by atoms with van der Waals surface area (Å²) in [5.41, 5.74) is 6.65. The standard InChI is InChI=1S/C18H24N5O7P/c19-15-14-16(22-17(21-15)29-8-4-7-24)23(18(25)20-14)10-13(30-11-31(26,27)28)9-12-5-2-1-3-6-12/h1-3,5-6,13,24H,4,7-11H2,(H,20,25)(H2,19,21,22)(H2,26,27,28). The smallest absolute Gasteiger partial charge is 0.350 e. The second-order valence-electron chi connectivity index (χ2n) is 6.83. The Labute approximate surface area is 176 Å². The Bertz CT molecular complexity index is 1110. The number of aromatic nitrogens is 4. The molecule has 1 atom stereocenters. The van der Waals surface area contributed by atoms with Gasteiger partial charge in [0.1, 0.15) is 11.9 Å². The lowest BCUT2D eigenvalue weighted by atomic mass is 10.1. The van der Waals surface area contributed by atoms with E-state index in [1.807, 2.05) is 30.3 Å². The average molecular weight is 453 g/mol. The van der Waals surface area contributed by atoms with E-state index in [-0.39, 0.29) is 42.8 Å². The normalized spacial score (nSPS) is 12.9. The van der Waals surface area contributed by atoms with E-state index < -0.39 is 25.7 Å². The monoisotopic (exact) mass is 453 g/mol. The Morgan fingerprint density at radius 3 is 2.65 bits per heavy atom. The van der Waals surface area contributed by atoms with Gasteiger partial charge in [-0.1, -0.05) is 30.3 Å². The van der Waals surface area contributed by atoms with Gasteiger partial charge in [0.05, 0.1) is 19.3 Å². The molecule has 0 bridgehead atoms. The van der Waals surface area contributed by atoms with Crippen molar-refractivity contribution in [2.45, 2.75) is 25.5 Å². The number of imidazole rings is 1. The van der Waals surface area contributed by atoms with E-state index in [2.05, 4.69) is 15.0 Å². The quantitative estimate of drug-likeness (QED) is 0.199. The van der Waals surface area contributed by atoms with Crippen LogP contribution in [0.1, 0.15) is 12.0 Å². The first-order valence-corrected chi connectivity index (χ1v) is 11.3. The number of nitrogens with zero attached hydrogens (tertiary/aromatic N) is 3. The second kappa shape index (κ2) is 10.0. The molecule has 0 spiro atoms. The van der Waals surface area contributed by atoms with E-state index in [9.17, 15) is 19.1 Å². The minimum Gasteiger partial charge on any atom is -0.463 e. The van der Waals surface area contributed by atoms with Crippen LogP contribution in [-0.4, -0.2) is 60.1 Å². The molecule has 2 heterocycles. The SMILES string of the molecule is Nc1nc(OCCCO)nc2c1[nH]c(=O)n2CC(Cc1ccccc1)OCP(=O)(O)O. The minimum atomic E-state index is -4.41. The van der Waals surface area contributed by atoms with Crippen LogP contribution in [0.5, 0.6) is 6.01 Å². The first-order valence-electron chi connectivity index (χ1n) is 9.46. The van der Waals surface area contributed by atoms with Crippen molar-refractivity contribution in [1.29, 1.82) is 0 Å². The lowest BCUT2D eigenvalue weighted by Gasteiger charge is -2.19. The highest BCUT2D eigenvalue weighted by Gasteiger charge is 2.22. The number of nitrogen functional groups attached to an aromatic ring is 1. The molecular weight excluding hydrogens is 429 g/mol. The zero-order valence-corrected chi connectivity index (χ0v) is 17.4. The zero-order valence-electron chi connectivity index (χ0n) is 16.5. The van der Waals surface area contributed by atoms with Crippen LogP contribution in [0.2, 0.25) is 0 Å². The third kappa shape index (κ3) is 6.36. The Morgan fingerprint density at radius 1 is 1.23 bits per heavy atom. The molecule has 1 unspecified atom stereocenters. The van der Waals surface area contributed by atoms with Crippen LogP contribution >= 0.6 is 7.60 Å². The van der Waals surface area contributed by atoms with Gasteiger partial charge < -0.3 is 35.1 Å². The lowest BCUT2D eigenvalue weighted by Crippen LogP contribution is -2.29. The fraction of sp³-hybridized carbons (Fsp3) is 0.389. The first-order chi connectivity index (χ1) is 14.8. The summed E-state index contributed by atoms with van der Waals surface area (Å²) in [6.45, 7) is 0.0586. The van der Waals surface area contributed by atoms with Gasteiger partial charge in [-0.25, -0.2) is 4.79 Å². The average Bonchev–Trinajstić information content (AvgIpc) is 3.03. The van der Waals surface area contributed by atoms with Crippen molar-refractivity contribution in [3.63, 3.8) is 0 Å². The number of aliphatic hydroxyl groups excluding tert-OH is 1. The summed E-state index contributed by atoms with van der Waals surface area (Å²) in [6, 6.07) is 9.14. The van der Waals surface area contributed by atoms with Gasteiger partial charge in [0.2, 0.25) is 0 Å². The first kappa shape index (κ1) is 22.9. The number of nitrogens with two attached hydrogens (primary N) is 1. The number of aromatic amines is 1. The van der Waals surface area contributed by atoms with Gasteiger partial charge in [0.15, 0.2) is 11.5 Å². The number of anilines is 1. The number of nitrogens with one attached hydrogen (secondary N) is 1. The molecule has 31 heavy (non-hydrogen) atoms. The van der Waals surface area contributed by atoms with Crippen molar-refractivity contribution in [3.8, 4) is 6.01 Å². The summed E-state index contributed by atoms with van der Waals surface area (Å²) in [4.78, 5) is 41.8. The molecule has 0 saturated carbocycles. The molecule has 13 heteroatoms. The third-order valence-electron chi connectivity index (χ3n) is 4.33. The van der Waals surface area contributed by atoms with Crippen LogP contribution in [0.15, 0.2) is 35.1 Å². The minimum absolute atomic E-state index is 0.00981. The van der Waals surface area contributed by atoms with E-state index in [1.165, 1.54) is 4.57 Å². The van der Waals surface area contributed by atoms with Crippen molar-refractivity contribution >= 4 is 24.6 Å². The number of fused-ring (bicyclic) bond motifs is 1. The molecule has 0 aliphatic heterocycles. The molecule has 0 amide bonds. The van der Waals surface area contributed by atoms with Crippen LogP contribution in [0, 0.1) is 0 Å². The van der Waals surface area contributed by atoms with Crippen LogP contribution in [-0.2, 0) is 22.3 Å². The molecule has 0 radical (unpaired) electrons. The van der Waals surface area contributed by atoms with Gasteiger partial charge in [-0.15, -0.1) is 0 Å². The van der Waals surface area contributed by atoms with Crippen LogP contribution < -0.4 is 16.2 Å². The summed E-state index contributed by atoms with van der Waals surface area (Å²) in [6.07, 6.45) is -0.840. The van der Waals surface area contributed by atoms with Gasteiger partial charge in [-0.2, -0.15) is 9.97 Å². The third-order valence-corrected chi connectivity index (χ3v) is 4.82. The Balaban J connectivity index is 1.91. The lowest BCUT2D eigenvalue weighted by molar-refractivity contribution is 0.0625. The highest BCUT2D eigenvalue weighted by atomic mass is 31.2. The molecule has 0 aliphatic carbocycles. The van der Waals surface area contributed by atoms with Gasteiger partial charge in [-0.3, -0.25) is 9.13 Å². The van der Waals surface area contributed by atoms with Crippen molar-refractivity contribution < 1.29 is 28.9 Å². The summed E-state index contributed by atoms with van der Waals surface area (Å²) in [7, 11) is -4.41. The molecule has 6 N–H and O–H groups in total. The van der Waals surface area contributed by atoms with Gasteiger partial charge >= 0.3 is 19.3 Å². The Morgan fingerprint density at radius 2 is 1.97 bits per heavy atom. The number of ether oxygens (including phenoxy) is 2. The van der Waals surface area contributed by atoms with Crippen molar-refractivity contribution in [3.05, 3.63) is 46.4 Å². The number of hydrogen-bond acceptors (Lipinski definition) is 8. The number of rotatable bonds is 11. The maximum absolute atomic E-state index is 12.6. The number of aliphatic hydroxyl groups is 1. The number of hydrogen-bond donors (Lipinski definition) is 5. The van der Waals surface area contributed by atoms with Crippen LogP contribution in [0.3, 0.4) is 0 Å². The van der Waals surface area contributed by atoms with E-state index >= 15 is 0 Å². The maximum Gasteiger partial charge on any atom is 0.350 e. The highest BCUT2D eigenvalue weighted by Crippen LogP contribution is 2.34. The molecule has 2 aromatic heterocycles. The highest BCUT2D eigenvalue weighted by molar-refractivity contribution is 7.51. The summed E-state index contributed by atoms with van der Waals surface area (Å²) in [5.74, 6) is 0.00981.